The summed E-state index contributed by atoms with van der Waals surface area (Å²) >= 11 is 0. The van der Waals surface area contributed by atoms with Crippen molar-refractivity contribution in [3.05, 3.63) is 29.8 Å². The number of aliphatic hydroxyl groups is 1. The van der Waals surface area contributed by atoms with Crippen LogP contribution in [0.1, 0.15) is 11.7 Å². The van der Waals surface area contributed by atoms with E-state index in [1.54, 1.807) is 0 Å². The van der Waals surface area contributed by atoms with Crippen LogP contribution in [0.5, 0.6) is 5.75 Å². The summed E-state index contributed by atoms with van der Waals surface area (Å²) in [7, 11) is 1.20. The van der Waals surface area contributed by atoms with Gasteiger partial charge >= 0.3 is 5.97 Å². The Morgan fingerprint density at radius 2 is 1.93 bits per heavy atom. The molecule has 4 N–H and O–H groups in total. The number of aromatic hydroxyl groups is 1. The normalized spacial score (nSPS) is 14.3. The van der Waals surface area contributed by atoms with Crippen LogP contribution < -0.4 is 5.73 Å². The highest BCUT2D eigenvalue weighted by atomic mass is 16.5. The predicted molar refractivity (Wildman–Crippen MR) is 53.1 cm³/mol. The van der Waals surface area contributed by atoms with Crippen LogP contribution in [-0.4, -0.2) is 29.3 Å². The zero-order valence-electron chi connectivity index (χ0n) is 8.25. The molecule has 15 heavy (non-hydrogen) atoms. The van der Waals surface area contributed by atoms with Crippen molar-refractivity contribution >= 4 is 5.97 Å². The quantitative estimate of drug-likeness (QED) is 0.608. The first kappa shape index (κ1) is 11.5. The maximum Gasteiger partial charge on any atom is 0.325 e. The summed E-state index contributed by atoms with van der Waals surface area (Å²) in [5, 5.41) is 18.7. The molecule has 1 rings (SSSR count). The molecular weight excluding hydrogens is 198 g/mol. The Labute approximate surface area is 87.1 Å². The molecule has 0 aliphatic rings. The van der Waals surface area contributed by atoms with Gasteiger partial charge in [0.25, 0.3) is 0 Å². The van der Waals surface area contributed by atoms with E-state index in [0.29, 0.717) is 5.56 Å². The van der Waals surface area contributed by atoms with Crippen molar-refractivity contribution in [2.75, 3.05) is 7.11 Å². The second-order valence-corrected chi connectivity index (χ2v) is 3.09. The van der Waals surface area contributed by atoms with E-state index in [9.17, 15) is 9.90 Å². The van der Waals surface area contributed by atoms with Crippen LogP contribution in [0.15, 0.2) is 24.3 Å². The summed E-state index contributed by atoms with van der Waals surface area (Å²) in [5.41, 5.74) is 5.90. The van der Waals surface area contributed by atoms with Gasteiger partial charge in [-0.05, 0) is 17.7 Å². The third kappa shape index (κ3) is 2.68. The van der Waals surface area contributed by atoms with Crippen molar-refractivity contribution in [2.45, 2.75) is 12.1 Å². The van der Waals surface area contributed by atoms with Crippen LogP contribution in [0.25, 0.3) is 0 Å². The van der Waals surface area contributed by atoms with Crippen LogP contribution in [0, 0.1) is 0 Å². The minimum absolute atomic E-state index is 0.0811. The van der Waals surface area contributed by atoms with E-state index in [4.69, 9.17) is 10.8 Å². The number of nitrogens with two attached hydrogens (primary N) is 1. The summed E-state index contributed by atoms with van der Waals surface area (Å²) in [6.45, 7) is 0. The van der Waals surface area contributed by atoms with Gasteiger partial charge in [-0.25, -0.2) is 0 Å². The molecule has 0 spiro atoms. The maximum atomic E-state index is 11.0. The Bertz CT molecular complexity index is 336. The van der Waals surface area contributed by atoms with Gasteiger partial charge in [-0.3, -0.25) is 4.79 Å². The second kappa shape index (κ2) is 4.77. The molecule has 1 aromatic rings. The fourth-order valence-corrected chi connectivity index (χ4v) is 1.14. The number of phenolic OH excluding ortho intramolecular Hbond substituents is 1. The molecule has 0 aliphatic carbocycles. The first-order valence-electron chi connectivity index (χ1n) is 4.36. The molecule has 0 saturated carbocycles. The molecule has 82 valence electrons. The van der Waals surface area contributed by atoms with E-state index in [1.807, 2.05) is 0 Å². The van der Waals surface area contributed by atoms with E-state index >= 15 is 0 Å². The summed E-state index contributed by atoms with van der Waals surface area (Å²) in [6, 6.07) is 4.66. The Morgan fingerprint density at radius 3 is 2.40 bits per heavy atom. The highest BCUT2D eigenvalue weighted by Crippen LogP contribution is 2.19. The van der Waals surface area contributed by atoms with Crippen molar-refractivity contribution in [3.63, 3.8) is 0 Å². The fraction of sp³-hybridized carbons (Fsp3) is 0.300. The molecule has 0 fully saturated rings. The average molecular weight is 211 g/mol. The van der Waals surface area contributed by atoms with E-state index in [1.165, 1.54) is 31.4 Å². The molecule has 5 heteroatoms. The molecule has 2 atom stereocenters. The van der Waals surface area contributed by atoms with Crippen molar-refractivity contribution in [1.29, 1.82) is 0 Å². The van der Waals surface area contributed by atoms with Gasteiger partial charge in [0, 0.05) is 0 Å². The number of carbonyl (C=O) groups is 1. The molecule has 0 bridgehead atoms. The number of rotatable bonds is 3. The van der Waals surface area contributed by atoms with Gasteiger partial charge in [-0.15, -0.1) is 0 Å². The van der Waals surface area contributed by atoms with Crippen LogP contribution in [-0.2, 0) is 9.53 Å². The lowest BCUT2D eigenvalue weighted by Crippen LogP contribution is -2.37. The number of esters is 1. The Kier molecular flexibility index (Phi) is 3.65. The minimum atomic E-state index is -1.14. The largest absolute Gasteiger partial charge is 0.508 e. The first-order chi connectivity index (χ1) is 7.06. The van der Waals surface area contributed by atoms with E-state index < -0.39 is 18.1 Å². The highest BCUT2D eigenvalue weighted by Gasteiger charge is 2.24. The van der Waals surface area contributed by atoms with Gasteiger partial charge in [-0.1, -0.05) is 12.1 Å². The second-order valence-electron chi connectivity index (χ2n) is 3.09. The Morgan fingerprint density at radius 1 is 1.40 bits per heavy atom. The molecule has 5 nitrogen and oxygen atoms in total. The van der Waals surface area contributed by atoms with Gasteiger partial charge in [0.15, 0.2) is 0 Å². The molecule has 0 amide bonds. The SMILES string of the molecule is COC(=O)[C@@H](N)C(O)c1ccc(O)cc1. The molecule has 1 unspecified atom stereocenters. The average Bonchev–Trinajstić information content (AvgIpc) is 2.27. The van der Waals surface area contributed by atoms with Crippen LogP contribution >= 0.6 is 0 Å². The van der Waals surface area contributed by atoms with Gasteiger partial charge in [0.05, 0.1) is 7.11 Å². The zero-order chi connectivity index (χ0) is 11.4. The highest BCUT2D eigenvalue weighted by molar-refractivity contribution is 5.76. The molecule has 0 saturated heterocycles. The fourth-order valence-electron chi connectivity index (χ4n) is 1.14. The number of aliphatic hydroxyl groups excluding tert-OH is 1. The lowest BCUT2D eigenvalue weighted by atomic mass is 10.0. The minimum Gasteiger partial charge on any atom is -0.508 e. The molecule has 0 heterocycles. The van der Waals surface area contributed by atoms with Crippen LogP contribution in [0.2, 0.25) is 0 Å². The molecular formula is C10H13NO4. The van der Waals surface area contributed by atoms with Crippen molar-refractivity contribution in [1.82, 2.24) is 0 Å². The van der Waals surface area contributed by atoms with E-state index in [2.05, 4.69) is 4.74 Å². The van der Waals surface area contributed by atoms with Crippen molar-refractivity contribution < 1.29 is 19.7 Å². The third-order valence-corrected chi connectivity index (χ3v) is 2.05. The summed E-state index contributed by atoms with van der Waals surface area (Å²) in [5.74, 6) is -0.604. The number of phenols is 1. The number of hydrogen-bond acceptors (Lipinski definition) is 5. The zero-order valence-corrected chi connectivity index (χ0v) is 8.25. The van der Waals surface area contributed by atoms with E-state index in [-0.39, 0.29) is 5.75 Å². The number of benzene rings is 1. The number of ether oxygens (including phenoxy) is 1. The number of carbonyl (C=O) groups excluding carboxylic acids is 1. The molecule has 0 radical (unpaired) electrons. The maximum absolute atomic E-state index is 11.0. The number of methoxy groups -OCH3 is 1. The first-order valence-corrected chi connectivity index (χ1v) is 4.36. The molecule has 1 aromatic carbocycles. The van der Waals surface area contributed by atoms with Crippen molar-refractivity contribution in [2.24, 2.45) is 5.73 Å². The predicted octanol–water partition coefficient (Wildman–Crippen LogP) is -0.0741. The van der Waals surface area contributed by atoms with Gasteiger partial charge in [0.1, 0.15) is 17.9 Å². The van der Waals surface area contributed by atoms with E-state index in [0.717, 1.165) is 0 Å². The smallest absolute Gasteiger partial charge is 0.325 e. The van der Waals surface area contributed by atoms with Gasteiger partial charge in [-0.2, -0.15) is 0 Å². The topological polar surface area (TPSA) is 92.8 Å². The van der Waals surface area contributed by atoms with Crippen molar-refractivity contribution in [3.8, 4) is 5.75 Å². The lowest BCUT2D eigenvalue weighted by Gasteiger charge is -2.16. The summed E-state index contributed by atoms with van der Waals surface area (Å²) in [4.78, 5) is 11.0. The summed E-state index contributed by atoms with van der Waals surface area (Å²) in [6.07, 6.45) is -1.14. The van der Waals surface area contributed by atoms with Crippen LogP contribution in [0.3, 0.4) is 0 Å². The standard InChI is InChI=1S/C10H13NO4/c1-15-10(14)8(11)9(13)6-2-4-7(12)5-3-6/h2-5,8-9,12-13H,11H2,1H3/t8-,9?/m0/s1. The lowest BCUT2D eigenvalue weighted by molar-refractivity contribution is -0.145. The van der Waals surface area contributed by atoms with Gasteiger partial charge < -0.3 is 20.7 Å². The van der Waals surface area contributed by atoms with Gasteiger partial charge in [0.2, 0.25) is 0 Å². The number of hydrogen-bond donors (Lipinski definition) is 3. The Balaban J connectivity index is 2.80. The van der Waals surface area contributed by atoms with Crippen LogP contribution in [0.4, 0.5) is 0 Å². The monoisotopic (exact) mass is 211 g/mol. The Hall–Kier alpha value is -1.59. The third-order valence-electron chi connectivity index (χ3n) is 2.05. The molecule has 0 aliphatic heterocycles. The summed E-state index contributed by atoms with van der Waals surface area (Å²) < 4.78 is 4.41. The molecule has 0 aromatic heterocycles.